The number of hydrogen-bond donors (Lipinski definition) is 2. The molecule has 0 atom stereocenters. The molecule has 3 nitrogen and oxygen atoms in total. The molecule has 1 amide bonds. The molecule has 5 heteroatoms. The van der Waals surface area contributed by atoms with Crippen LogP contribution in [0.15, 0.2) is 18.2 Å². The van der Waals surface area contributed by atoms with E-state index in [2.05, 4.69) is 10.6 Å². The molecule has 98 valence electrons. The van der Waals surface area contributed by atoms with Crippen LogP contribution in [0.5, 0.6) is 0 Å². The fourth-order valence-corrected chi connectivity index (χ4v) is 1.93. The van der Waals surface area contributed by atoms with Gasteiger partial charge in [-0.3, -0.25) is 4.79 Å². The molecular weight excluding hydrogens is 238 g/mol. The highest BCUT2D eigenvalue weighted by Crippen LogP contribution is 2.09. The van der Waals surface area contributed by atoms with Crippen molar-refractivity contribution in [3.05, 3.63) is 35.4 Å². The zero-order valence-corrected chi connectivity index (χ0v) is 10.0. The van der Waals surface area contributed by atoms with Gasteiger partial charge in [0.2, 0.25) is 5.91 Å². The molecule has 0 aliphatic carbocycles. The van der Waals surface area contributed by atoms with E-state index < -0.39 is 11.6 Å². The summed E-state index contributed by atoms with van der Waals surface area (Å²) < 4.78 is 25.8. The first kappa shape index (κ1) is 13.0. The Hall–Kier alpha value is -1.49. The number of amides is 1. The summed E-state index contributed by atoms with van der Waals surface area (Å²) in [6.45, 7) is 2.19. The summed E-state index contributed by atoms with van der Waals surface area (Å²) in [5, 5.41) is 5.86. The van der Waals surface area contributed by atoms with E-state index in [4.69, 9.17) is 0 Å². The van der Waals surface area contributed by atoms with Gasteiger partial charge >= 0.3 is 0 Å². The molecule has 0 spiro atoms. The summed E-state index contributed by atoms with van der Waals surface area (Å²) in [4.78, 5) is 11.5. The monoisotopic (exact) mass is 254 g/mol. The summed E-state index contributed by atoms with van der Waals surface area (Å²) in [5.41, 5.74) is 0.554. The number of benzene rings is 1. The summed E-state index contributed by atoms with van der Waals surface area (Å²) in [6.07, 6.45) is 0.952. The minimum atomic E-state index is -0.586. The van der Waals surface area contributed by atoms with Crippen LogP contribution in [0.2, 0.25) is 0 Å². The van der Waals surface area contributed by atoms with Crippen LogP contribution in [0.3, 0.4) is 0 Å². The van der Waals surface area contributed by atoms with E-state index in [1.54, 1.807) is 0 Å². The molecule has 1 fully saturated rings. The Morgan fingerprint density at radius 1 is 1.28 bits per heavy atom. The molecule has 18 heavy (non-hydrogen) atoms. The van der Waals surface area contributed by atoms with Crippen LogP contribution in [-0.2, 0) is 11.2 Å². The van der Waals surface area contributed by atoms with E-state index >= 15 is 0 Å². The fourth-order valence-electron chi connectivity index (χ4n) is 1.93. The molecular formula is C13H16F2N2O. The summed E-state index contributed by atoms with van der Waals surface area (Å²) >= 11 is 0. The van der Waals surface area contributed by atoms with E-state index in [0.717, 1.165) is 19.2 Å². The van der Waals surface area contributed by atoms with Crippen LogP contribution in [0.4, 0.5) is 8.78 Å². The van der Waals surface area contributed by atoms with Crippen molar-refractivity contribution in [2.24, 2.45) is 5.92 Å². The average molecular weight is 254 g/mol. The molecule has 0 aromatic heterocycles. The maximum Gasteiger partial charge on any atom is 0.220 e. The quantitative estimate of drug-likeness (QED) is 0.830. The van der Waals surface area contributed by atoms with Crippen LogP contribution in [0.25, 0.3) is 0 Å². The molecule has 0 radical (unpaired) electrons. The van der Waals surface area contributed by atoms with Gasteiger partial charge in [-0.15, -0.1) is 0 Å². The second-order valence-corrected chi connectivity index (χ2v) is 4.61. The van der Waals surface area contributed by atoms with Gasteiger partial charge in [-0.2, -0.15) is 0 Å². The highest BCUT2D eigenvalue weighted by molar-refractivity contribution is 5.76. The summed E-state index contributed by atoms with van der Waals surface area (Å²) in [6, 6.07) is 3.40. The van der Waals surface area contributed by atoms with Crippen molar-refractivity contribution in [2.45, 2.75) is 12.8 Å². The minimum absolute atomic E-state index is 0.00150. The van der Waals surface area contributed by atoms with Gasteiger partial charge in [-0.05, 0) is 43.1 Å². The van der Waals surface area contributed by atoms with Gasteiger partial charge < -0.3 is 10.6 Å². The van der Waals surface area contributed by atoms with Crippen molar-refractivity contribution >= 4 is 5.91 Å². The molecule has 1 saturated heterocycles. The van der Waals surface area contributed by atoms with Crippen molar-refractivity contribution in [3.63, 3.8) is 0 Å². The summed E-state index contributed by atoms with van der Waals surface area (Å²) in [7, 11) is 0. The Labute approximate surface area is 105 Å². The highest BCUT2D eigenvalue weighted by Gasteiger charge is 2.19. The number of hydrogen-bond acceptors (Lipinski definition) is 2. The van der Waals surface area contributed by atoms with Crippen molar-refractivity contribution in [2.75, 3.05) is 19.6 Å². The first-order valence-corrected chi connectivity index (χ1v) is 6.06. The molecule has 0 bridgehead atoms. The third-order valence-electron chi connectivity index (χ3n) is 3.00. The fraction of sp³-hybridized carbons (Fsp3) is 0.462. The average Bonchev–Trinajstić information content (AvgIpc) is 2.22. The van der Waals surface area contributed by atoms with Crippen molar-refractivity contribution in [1.29, 1.82) is 0 Å². The first-order chi connectivity index (χ1) is 8.63. The third kappa shape index (κ3) is 3.77. The maximum atomic E-state index is 12.9. The van der Waals surface area contributed by atoms with Crippen molar-refractivity contribution in [3.8, 4) is 0 Å². The standard InChI is InChI=1S/C13H16F2N2O/c14-11-3-9(4-12(15)6-11)1-2-17-13(18)5-10-7-16-8-10/h3-4,6,10,16H,1-2,5,7-8H2,(H,17,18). The van der Waals surface area contributed by atoms with E-state index in [-0.39, 0.29) is 5.91 Å². The van der Waals surface area contributed by atoms with Gasteiger partial charge in [0.15, 0.2) is 0 Å². The smallest absolute Gasteiger partial charge is 0.220 e. The third-order valence-corrected chi connectivity index (χ3v) is 3.00. The lowest BCUT2D eigenvalue weighted by Gasteiger charge is -2.26. The largest absolute Gasteiger partial charge is 0.356 e. The number of rotatable bonds is 5. The Morgan fingerprint density at radius 3 is 2.50 bits per heavy atom. The molecule has 1 heterocycles. The van der Waals surface area contributed by atoms with Gasteiger partial charge in [0.05, 0.1) is 0 Å². The zero-order valence-electron chi connectivity index (χ0n) is 10.0. The first-order valence-electron chi connectivity index (χ1n) is 6.06. The Morgan fingerprint density at radius 2 is 1.94 bits per heavy atom. The van der Waals surface area contributed by atoms with Gasteiger partial charge in [0.1, 0.15) is 11.6 Å². The van der Waals surface area contributed by atoms with E-state index in [0.29, 0.717) is 30.9 Å². The summed E-state index contributed by atoms with van der Waals surface area (Å²) in [5.74, 6) is -0.747. The Balaban J connectivity index is 1.72. The molecule has 2 rings (SSSR count). The molecule has 1 aromatic rings. The lowest BCUT2D eigenvalue weighted by Crippen LogP contribution is -2.44. The van der Waals surface area contributed by atoms with Crippen LogP contribution < -0.4 is 10.6 Å². The van der Waals surface area contributed by atoms with Crippen molar-refractivity contribution < 1.29 is 13.6 Å². The molecule has 1 aromatic carbocycles. The number of halogens is 2. The number of nitrogens with one attached hydrogen (secondary N) is 2. The zero-order chi connectivity index (χ0) is 13.0. The Bertz CT molecular complexity index is 413. The maximum absolute atomic E-state index is 12.9. The highest BCUT2D eigenvalue weighted by atomic mass is 19.1. The second-order valence-electron chi connectivity index (χ2n) is 4.61. The predicted molar refractivity (Wildman–Crippen MR) is 64.0 cm³/mol. The van der Waals surface area contributed by atoms with Gasteiger partial charge in [0.25, 0.3) is 0 Å². The Kier molecular flexibility index (Phi) is 4.25. The van der Waals surface area contributed by atoms with Gasteiger partial charge in [0, 0.05) is 19.0 Å². The van der Waals surface area contributed by atoms with Crippen LogP contribution in [0.1, 0.15) is 12.0 Å². The second kappa shape index (κ2) is 5.91. The van der Waals surface area contributed by atoms with Gasteiger partial charge in [-0.25, -0.2) is 8.78 Å². The van der Waals surface area contributed by atoms with E-state index in [1.165, 1.54) is 12.1 Å². The lowest BCUT2D eigenvalue weighted by atomic mass is 9.99. The molecule has 1 aliphatic rings. The van der Waals surface area contributed by atoms with Crippen LogP contribution >= 0.6 is 0 Å². The molecule has 2 N–H and O–H groups in total. The van der Waals surface area contributed by atoms with Crippen LogP contribution in [-0.4, -0.2) is 25.5 Å². The van der Waals surface area contributed by atoms with E-state index in [1.807, 2.05) is 0 Å². The van der Waals surface area contributed by atoms with Crippen LogP contribution in [0, 0.1) is 17.6 Å². The van der Waals surface area contributed by atoms with Crippen molar-refractivity contribution in [1.82, 2.24) is 10.6 Å². The molecule has 0 saturated carbocycles. The topological polar surface area (TPSA) is 41.1 Å². The lowest BCUT2D eigenvalue weighted by molar-refractivity contribution is -0.122. The normalized spacial score (nSPS) is 15.2. The number of carbonyl (C=O) groups is 1. The van der Waals surface area contributed by atoms with Gasteiger partial charge in [-0.1, -0.05) is 0 Å². The number of carbonyl (C=O) groups excluding carboxylic acids is 1. The van der Waals surface area contributed by atoms with E-state index in [9.17, 15) is 13.6 Å². The molecule has 0 unspecified atom stereocenters. The molecule has 1 aliphatic heterocycles. The minimum Gasteiger partial charge on any atom is -0.356 e. The predicted octanol–water partition coefficient (Wildman–Crippen LogP) is 1.23. The SMILES string of the molecule is O=C(CC1CNC1)NCCc1cc(F)cc(F)c1.